The number of carbonyl (C=O) groups is 1. The molecule has 8 heteroatoms. The standard InChI is InChI=1S/C20H17Cl2FN2O2S/c1-3-25-19(26)17(24(2)20(25)28)10-13-8-15(21)18(16(22)9-13)27-11-12-4-6-14(23)7-5-12/h4-10H,3,11H2,1-2H3/b17-10-. The topological polar surface area (TPSA) is 32.8 Å². The first-order valence-corrected chi connectivity index (χ1v) is 9.65. The fourth-order valence-electron chi connectivity index (χ4n) is 2.78. The third kappa shape index (κ3) is 4.14. The molecule has 1 heterocycles. The lowest BCUT2D eigenvalue weighted by atomic mass is 10.1. The lowest BCUT2D eigenvalue weighted by molar-refractivity contribution is -0.122. The molecule has 1 fully saturated rings. The Bertz CT molecular complexity index is 940. The lowest BCUT2D eigenvalue weighted by Crippen LogP contribution is -2.30. The number of thiocarbonyl (C=S) groups is 1. The summed E-state index contributed by atoms with van der Waals surface area (Å²) >= 11 is 18.0. The Morgan fingerprint density at radius 3 is 2.32 bits per heavy atom. The Labute approximate surface area is 178 Å². The van der Waals surface area contributed by atoms with E-state index in [4.69, 9.17) is 40.2 Å². The highest BCUT2D eigenvalue weighted by Gasteiger charge is 2.34. The van der Waals surface area contributed by atoms with Crippen molar-refractivity contribution < 1.29 is 13.9 Å². The lowest BCUT2D eigenvalue weighted by Gasteiger charge is -2.14. The first-order chi connectivity index (χ1) is 13.3. The maximum absolute atomic E-state index is 13.0. The molecule has 0 spiro atoms. The first kappa shape index (κ1) is 20.6. The maximum atomic E-state index is 13.0. The van der Waals surface area contributed by atoms with Crippen LogP contribution in [0.25, 0.3) is 6.08 Å². The number of ether oxygens (including phenoxy) is 1. The van der Waals surface area contributed by atoms with Crippen LogP contribution in [-0.4, -0.2) is 34.4 Å². The van der Waals surface area contributed by atoms with Gasteiger partial charge in [0, 0.05) is 13.6 Å². The van der Waals surface area contributed by atoms with E-state index in [1.807, 2.05) is 6.92 Å². The molecular weight excluding hydrogens is 422 g/mol. The van der Waals surface area contributed by atoms with Crippen molar-refractivity contribution in [2.24, 2.45) is 0 Å². The Balaban J connectivity index is 1.83. The van der Waals surface area contributed by atoms with Crippen molar-refractivity contribution in [3.05, 3.63) is 69.1 Å². The van der Waals surface area contributed by atoms with Crippen molar-refractivity contribution in [2.45, 2.75) is 13.5 Å². The number of halogens is 3. The number of amides is 1. The fourth-order valence-corrected chi connectivity index (χ4v) is 3.71. The summed E-state index contributed by atoms with van der Waals surface area (Å²) in [4.78, 5) is 15.7. The van der Waals surface area contributed by atoms with Gasteiger partial charge in [0.1, 0.15) is 18.1 Å². The second-order valence-electron chi connectivity index (χ2n) is 6.15. The predicted molar refractivity (Wildman–Crippen MR) is 113 cm³/mol. The van der Waals surface area contributed by atoms with Gasteiger partial charge < -0.3 is 9.64 Å². The van der Waals surface area contributed by atoms with Gasteiger partial charge in [-0.15, -0.1) is 0 Å². The predicted octanol–water partition coefficient (Wildman–Crippen LogP) is 5.13. The van der Waals surface area contributed by atoms with Gasteiger partial charge in [-0.05, 0) is 60.6 Å². The summed E-state index contributed by atoms with van der Waals surface area (Å²) in [5, 5.41) is 1.07. The quantitative estimate of drug-likeness (QED) is 0.478. The molecule has 146 valence electrons. The Kier molecular flexibility index (Phi) is 6.23. The molecule has 4 nitrogen and oxygen atoms in total. The molecule has 0 aromatic heterocycles. The van der Waals surface area contributed by atoms with E-state index < -0.39 is 0 Å². The van der Waals surface area contributed by atoms with Gasteiger partial charge in [-0.25, -0.2) is 4.39 Å². The van der Waals surface area contributed by atoms with Gasteiger partial charge in [-0.2, -0.15) is 0 Å². The number of carbonyl (C=O) groups excluding carboxylic acids is 1. The summed E-state index contributed by atoms with van der Waals surface area (Å²) in [5.41, 5.74) is 1.88. The number of rotatable bonds is 5. The van der Waals surface area contributed by atoms with Crippen molar-refractivity contribution in [3.63, 3.8) is 0 Å². The normalized spacial score (nSPS) is 15.7. The molecule has 28 heavy (non-hydrogen) atoms. The molecule has 0 unspecified atom stereocenters. The minimum Gasteiger partial charge on any atom is -0.486 e. The third-order valence-corrected chi connectivity index (χ3v) is 5.34. The van der Waals surface area contributed by atoms with Crippen LogP contribution in [-0.2, 0) is 11.4 Å². The van der Waals surface area contributed by atoms with Crippen LogP contribution < -0.4 is 4.74 Å². The largest absolute Gasteiger partial charge is 0.486 e. The fraction of sp³-hybridized carbons (Fsp3) is 0.200. The summed E-state index contributed by atoms with van der Waals surface area (Å²) in [7, 11) is 1.74. The monoisotopic (exact) mass is 438 g/mol. The summed E-state index contributed by atoms with van der Waals surface area (Å²) < 4.78 is 18.7. The highest BCUT2D eigenvalue weighted by atomic mass is 35.5. The second kappa shape index (κ2) is 8.47. The van der Waals surface area contributed by atoms with Crippen molar-refractivity contribution >= 4 is 52.5 Å². The maximum Gasteiger partial charge on any atom is 0.276 e. The van der Waals surface area contributed by atoms with Crippen LogP contribution in [0.15, 0.2) is 42.1 Å². The summed E-state index contributed by atoms with van der Waals surface area (Å²) in [6.45, 7) is 2.56. The summed E-state index contributed by atoms with van der Waals surface area (Å²) in [6, 6.07) is 9.30. The SMILES string of the molecule is CCN1C(=O)/C(=C/c2cc(Cl)c(OCc3ccc(F)cc3)c(Cl)c2)N(C)C1=S. The van der Waals surface area contributed by atoms with Crippen LogP contribution >= 0.6 is 35.4 Å². The molecule has 0 radical (unpaired) electrons. The van der Waals surface area contributed by atoms with Crippen molar-refractivity contribution in [1.82, 2.24) is 9.80 Å². The molecular formula is C20H17Cl2FN2O2S. The van der Waals surface area contributed by atoms with Gasteiger partial charge in [0.2, 0.25) is 0 Å². The number of nitrogens with zero attached hydrogens (tertiary/aromatic N) is 2. The van der Waals surface area contributed by atoms with E-state index in [0.717, 1.165) is 5.56 Å². The Morgan fingerprint density at radius 2 is 1.79 bits per heavy atom. The molecule has 0 bridgehead atoms. The zero-order chi connectivity index (χ0) is 20.4. The van der Waals surface area contributed by atoms with E-state index in [2.05, 4.69) is 0 Å². The molecule has 1 amide bonds. The van der Waals surface area contributed by atoms with Crippen LogP contribution in [0.2, 0.25) is 10.0 Å². The van der Waals surface area contributed by atoms with Gasteiger partial charge >= 0.3 is 0 Å². The molecule has 0 saturated carbocycles. The minimum absolute atomic E-state index is 0.168. The smallest absolute Gasteiger partial charge is 0.276 e. The van der Waals surface area contributed by atoms with Crippen molar-refractivity contribution in [2.75, 3.05) is 13.6 Å². The zero-order valence-electron chi connectivity index (χ0n) is 15.2. The molecule has 0 aliphatic carbocycles. The highest BCUT2D eigenvalue weighted by Crippen LogP contribution is 2.36. The van der Waals surface area contributed by atoms with E-state index in [-0.39, 0.29) is 18.3 Å². The van der Waals surface area contributed by atoms with Crippen LogP contribution in [0.1, 0.15) is 18.1 Å². The van der Waals surface area contributed by atoms with Crippen LogP contribution in [0.5, 0.6) is 5.75 Å². The molecule has 2 aromatic carbocycles. The number of hydrogen-bond donors (Lipinski definition) is 0. The number of hydrogen-bond acceptors (Lipinski definition) is 3. The van der Waals surface area contributed by atoms with Crippen molar-refractivity contribution in [1.29, 1.82) is 0 Å². The first-order valence-electron chi connectivity index (χ1n) is 8.49. The molecule has 1 saturated heterocycles. The molecule has 0 atom stereocenters. The number of likely N-dealkylation sites (N-methyl/N-ethyl adjacent to an activating group) is 2. The molecule has 3 rings (SSSR count). The zero-order valence-corrected chi connectivity index (χ0v) is 17.5. The minimum atomic E-state index is -0.315. The van der Waals surface area contributed by atoms with Gasteiger partial charge in [0.05, 0.1) is 10.0 Å². The second-order valence-corrected chi connectivity index (χ2v) is 7.33. The highest BCUT2D eigenvalue weighted by molar-refractivity contribution is 7.80. The van der Waals surface area contributed by atoms with E-state index in [1.54, 1.807) is 42.3 Å². The van der Waals surface area contributed by atoms with E-state index in [9.17, 15) is 9.18 Å². The summed E-state index contributed by atoms with van der Waals surface area (Å²) in [5.74, 6) is -0.157. The average Bonchev–Trinajstić information content (AvgIpc) is 2.85. The van der Waals surface area contributed by atoms with E-state index >= 15 is 0 Å². The van der Waals surface area contributed by atoms with Gasteiger partial charge in [0.15, 0.2) is 10.9 Å². The molecule has 0 N–H and O–H groups in total. The average molecular weight is 439 g/mol. The Hall–Kier alpha value is -2.15. The van der Waals surface area contributed by atoms with Crippen LogP contribution in [0, 0.1) is 5.82 Å². The number of benzene rings is 2. The molecule has 1 aliphatic rings. The van der Waals surface area contributed by atoms with E-state index in [1.165, 1.54) is 17.0 Å². The van der Waals surface area contributed by atoms with Gasteiger partial charge in [0.25, 0.3) is 5.91 Å². The van der Waals surface area contributed by atoms with Crippen LogP contribution in [0.4, 0.5) is 4.39 Å². The van der Waals surface area contributed by atoms with Crippen molar-refractivity contribution in [3.8, 4) is 5.75 Å². The van der Waals surface area contributed by atoms with Crippen LogP contribution in [0.3, 0.4) is 0 Å². The molecule has 2 aromatic rings. The third-order valence-electron chi connectivity index (χ3n) is 4.28. The molecule has 1 aliphatic heterocycles. The summed E-state index contributed by atoms with van der Waals surface area (Å²) in [6.07, 6.45) is 1.69. The van der Waals surface area contributed by atoms with E-state index in [0.29, 0.717) is 38.7 Å². The Morgan fingerprint density at radius 1 is 1.18 bits per heavy atom. The van der Waals surface area contributed by atoms with Gasteiger partial charge in [-0.1, -0.05) is 35.3 Å². The van der Waals surface area contributed by atoms with Gasteiger partial charge in [-0.3, -0.25) is 9.69 Å².